The summed E-state index contributed by atoms with van der Waals surface area (Å²) in [4.78, 5) is 50.1. The maximum atomic E-state index is 11.8. The Balaban J connectivity index is 1.57. The summed E-state index contributed by atoms with van der Waals surface area (Å²) in [6, 6.07) is 6.19. The number of carbonyl (C=O) groups is 4. The number of ether oxygens (including phenoxy) is 1. The Bertz CT molecular complexity index is 660. The molecule has 2 amide bonds. The van der Waals surface area contributed by atoms with Crippen molar-refractivity contribution in [2.24, 2.45) is 0 Å². The maximum absolute atomic E-state index is 11.8. The lowest BCUT2D eigenvalue weighted by Crippen LogP contribution is -2.35. The molecule has 0 spiro atoms. The molecule has 1 aromatic carbocycles. The van der Waals surface area contributed by atoms with Crippen LogP contribution in [0.4, 0.5) is 0 Å². The second-order valence-corrected chi connectivity index (χ2v) is 5.56. The third kappa shape index (κ3) is 5.64. The van der Waals surface area contributed by atoms with Gasteiger partial charge in [0, 0.05) is 30.5 Å². The van der Waals surface area contributed by atoms with E-state index in [1.54, 1.807) is 24.3 Å². The van der Waals surface area contributed by atoms with Crippen LogP contribution in [0, 0.1) is 0 Å². The van der Waals surface area contributed by atoms with E-state index in [2.05, 4.69) is 5.32 Å². The summed E-state index contributed by atoms with van der Waals surface area (Å²) in [5, 5.41) is 12.8. The van der Waals surface area contributed by atoms with Gasteiger partial charge in [0.05, 0.1) is 19.6 Å². The van der Waals surface area contributed by atoms with E-state index in [-0.39, 0.29) is 44.9 Å². The standard InChI is InChI=1S/C17H20N2O7/c20-11-12-1-3-13(4-2-12)17(24)18-8-10-25-9-7-16(23)26-19-14(21)5-6-15(19)22/h1-4,11,14,21H,5-10H2,(H,18,24). The highest BCUT2D eigenvalue weighted by molar-refractivity contribution is 5.94. The number of aliphatic hydroxyl groups is 1. The molecule has 2 N–H and O–H groups in total. The highest BCUT2D eigenvalue weighted by Gasteiger charge is 2.32. The average molecular weight is 364 g/mol. The van der Waals surface area contributed by atoms with Crippen LogP contribution < -0.4 is 5.32 Å². The first-order chi connectivity index (χ1) is 12.5. The smallest absolute Gasteiger partial charge is 0.334 e. The zero-order valence-electron chi connectivity index (χ0n) is 14.1. The third-order valence-corrected chi connectivity index (χ3v) is 3.62. The Kier molecular flexibility index (Phi) is 7.24. The number of amides is 2. The molecule has 0 radical (unpaired) electrons. The molecule has 1 saturated heterocycles. The second kappa shape index (κ2) is 9.64. The highest BCUT2D eigenvalue weighted by Crippen LogP contribution is 2.16. The van der Waals surface area contributed by atoms with Crippen molar-refractivity contribution < 1.29 is 33.9 Å². The van der Waals surface area contributed by atoms with Gasteiger partial charge in [0.15, 0.2) is 6.23 Å². The van der Waals surface area contributed by atoms with Gasteiger partial charge in [0.1, 0.15) is 6.29 Å². The molecule has 1 atom stereocenters. The number of aliphatic hydroxyl groups excluding tert-OH is 1. The van der Waals surface area contributed by atoms with Gasteiger partial charge in [0.25, 0.3) is 11.8 Å². The van der Waals surface area contributed by atoms with Crippen molar-refractivity contribution in [2.45, 2.75) is 25.5 Å². The monoisotopic (exact) mass is 364 g/mol. The molecule has 1 fully saturated rings. The number of aldehydes is 1. The minimum absolute atomic E-state index is 0.0564. The van der Waals surface area contributed by atoms with Gasteiger partial charge in [0.2, 0.25) is 0 Å². The molecule has 0 saturated carbocycles. The molecule has 1 aliphatic rings. The lowest BCUT2D eigenvalue weighted by atomic mass is 10.1. The van der Waals surface area contributed by atoms with Gasteiger partial charge in [-0.2, -0.15) is 0 Å². The minimum Gasteiger partial charge on any atom is -0.379 e. The van der Waals surface area contributed by atoms with Crippen molar-refractivity contribution in [1.82, 2.24) is 10.4 Å². The van der Waals surface area contributed by atoms with Crippen LogP contribution in [0.2, 0.25) is 0 Å². The molecule has 26 heavy (non-hydrogen) atoms. The van der Waals surface area contributed by atoms with Crippen LogP contribution in [0.25, 0.3) is 0 Å². The Hall–Kier alpha value is -2.78. The van der Waals surface area contributed by atoms with Gasteiger partial charge in [-0.15, -0.1) is 5.06 Å². The zero-order valence-corrected chi connectivity index (χ0v) is 14.1. The number of hydrogen-bond acceptors (Lipinski definition) is 7. The first-order valence-corrected chi connectivity index (χ1v) is 8.13. The maximum Gasteiger partial charge on any atom is 0.334 e. The van der Waals surface area contributed by atoms with E-state index < -0.39 is 18.1 Å². The average Bonchev–Trinajstić information content (AvgIpc) is 2.96. The molecule has 9 heteroatoms. The molecule has 1 aliphatic heterocycles. The fourth-order valence-electron chi connectivity index (χ4n) is 2.22. The molecule has 0 aliphatic carbocycles. The van der Waals surface area contributed by atoms with Crippen molar-refractivity contribution in [3.63, 3.8) is 0 Å². The molecule has 0 aromatic heterocycles. The van der Waals surface area contributed by atoms with Gasteiger partial charge < -0.3 is 20.0 Å². The molecule has 1 aromatic rings. The molecule has 0 bridgehead atoms. The number of benzene rings is 1. The summed E-state index contributed by atoms with van der Waals surface area (Å²) in [6.45, 7) is 0.490. The first kappa shape index (κ1) is 19.5. The zero-order chi connectivity index (χ0) is 18.9. The molecule has 1 heterocycles. The van der Waals surface area contributed by atoms with E-state index in [4.69, 9.17) is 9.57 Å². The van der Waals surface area contributed by atoms with Crippen molar-refractivity contribution in [2.75, 3.05) is 19.8 Å². The number of rotatable bonds is 9. The number of carbonyl (C=O) groups excluding carboxylic acids is 4. The van der Waals surface area contributed by atoms with Crippen molar-refractivity contribution in [3.05, 3.63) is 35.4 Å². The second-order valence-electron chi connectivity index (χ2n) is 5.56. The van der Waals surface area contributed by atoms with E-state index in [9.17, 15) is 24.3 Å². The molecule has 140 valence electrons. The lowest BCUT2D eigenvalue weighted by molar-refractivity contribution is -0.221. The van der Waals surface area contributed by atoms with Crippen molar-refractivity contribution in [3.8, 4) is 0 Å². The molecular formula is C17H20N2O7. The number of nitrogens with one attached hydrogen (secondary N) is 1. The first-order valence-electron chi connectivity index (χ1n) is 8.13. The van der Waals surface area contributed by atoms with Gasteiger partial charge in [-0.25, -0.2) is 4.79 Å². The van der Waals surface area contributed by atoms with Crippen LogP contribution in [-0.2, 0) is 19.2 Å². The predicted octanol–water partition coefficient (Wildman–Crippen LogP) is 0.0346. The summed E-state index contributed by atoms with van der Waals surface area (Å²) in [7, 11) is 0. The van der Waals surface area contributed by atoms with E-state index in [1.807, 2.05) is 0 Å². The fraction of sp³-hybridized carbons (Fsp3) is 0.412. The lowest BCUT2D eigenvalue weighted by Gasteiger charge is -2.18. The molecule has 9 nitrogen and oxygen atoms in total. The quantitative estimate of drug-likeness (QED) is 0.468. The van der Waals surface area contributed by atoms with Crippen LogP contribution in [-0.4, -0.2) is 60.2 Å². The van der Waals surface area contributed by atoms with E-state index >= 15 is 0 Å². The highest BCUT2D eigenvalue weighted by atomic mass is 16.7. The van der Waals surface area contributed by atoms with E-state index in [0.717, 1.165) is 0 Å². The number of hydroxylamine groups is 2. The van der Waals surface area contributed by atoms with Gasteiger partial charge in [-0.3, -0.25) is 14.4 Å². The van der Waals surface area contributed by atoms with E-state index in [1.165, 1.54) is 0 Å². The van der Waals surface area contributed by atoms with Gasteiger partial charge in [-0.05, 0) is 12.1 Å². The Morgan fingerprint density at radius 2 is 2.00 bits per heavy atom. The van der Waals surface area contributed by atoms with Crippen molar-refractivity contribution >= 4 is 24.1 Å². The van der Waals surface area contributed by atoms with E-state index in [0.29, 0.717) is 22.5 Å². The number of nitrogens with zero attached hydrogens (tertiary/aromatic N) is 1. The Morgan fingerprint density at radius 1 is 1.27 bits per heavy atom. The Labute approximate surface area is 149 Å². The van der Waals surface area contributed by atoms with Crippen molar-refractivity contribution in [1.29, 1.82) is 0 Å². The van der Waals surface area contributed by atoms with Crippen LogP contribution >= 0.6 is 0 Å². The predicted molar refractivity (Wildman–Crippen MR) is 87.8 cm³/mol. The minimum atomic E-state index is -1.09. The largest absolute Gasteiger partial charge is 0.379 e. The Morgan fingerprint density at radius 3 is 2.62 bits per heavy atom. The molecular weight excluding hydrogens is 344 g/mol. The summed E-state index contributed by atoms with van der Waals surface area (Å²) in [5.74, 6) is -1.42. The third-order valence-electron chi connectivity index (χ3n) is 3.62. The normalized spacial score (nSPS) is 16.4. The molecule has 2 rings (SSSR count). The van der Waals surface area contributed by atoms with Crippen LogP contribution in [0.15, 0.2) is 24.3 Å². The topological polar surface area (TPSA) is 122 Å². The SMILES string of the molecule is O=Cc1ccc(C(=O)NCCOCCC(=O)ON2C(=O)CCC2O)cc1. The van der Waals surface area contributed by atoms with Gasteiger partial charge >= 0.3 is 5.97 Å². The summed E-state index contributed by atoms with van der Waals surface area (Å²) < 4.78 is 5.22. The van der Waals surface area contributed by atoms with Gasteiger partial charge in [-0.1, -0.05) is 12.1 Å². The van der Waals surface area contributed by atoms with Crippen LogP contribution in [0.3, 0.4) is 0 Å². The summed E-state index contributed by atoms with van der Waals surface area (Å²) >= 11 is 0. The van der Waals surface area contributed by atoms with Crippen LogP contribution in [0.5, 0.6) is 0 Å². The van der Waals surface area contributed by atoms with Crippen LogP contribution in [0.1, 0.15) is 40.0 Å². The number of hydrogen-bond donors (Lipinski definition) is 2. The summed E-state index contributed by atoms with van der Waals surface area (Å²) in [6.07, 6.45) is -0.107. The summed E-state index contributed by atoms with van der Waals surface area (Å²) in [5.41, 5.74) is 0.910. The molecule has 1 unspecified atom stereocenters. The fourth-order valence-corrected chi connectivity index (χ4v) is 2.22.